The average molecular weight is 208 g/mol. The molecule has 1 aromatic carbocycles. The van der Waals surface area contributed by atoms with Gasteiger partial charge in [0.15, 0.2) is 0 Å². The molecule has 80 valence electrons. The molecule has 0 saturated carbocycles. The van der Waals surface area contributed by atoms with Crippen molar-refractivity contribution in [2.24, 2.45) is 5.73 Å². The second-order valence-corrected chi connectivity index (χ2v) is 3.15. The molecular formula is C10H12N2O3. The highest BCUT2D eigenvalue weighted by Crippen LogP contribution is 2.12. The summed E-state index contributed by atoms with van der Waals surface area (Å²) in [6.45, 7) is 0. The molecule has 1 rings (SSSR count). The summed E-state index contributed by atoms with van der Waals surface area (Å²) in [4.78, 5) is 23.4. The molecule has 0 aromatic heterocycles. The summed E-state index contributed by atoms with van der Waals surface area (Å²) in [6, 6.07) is 6.17. The lowest BCUT2D eigenvalue weighted by Crippen LogP contribution is -2.21. The van der Waals surface area contributed by atoms with Crippen LogP contribution in [-0.2, 0) is 0 Å². The SMILES string of the molecule is CN(C)C(=O)c1ccc(OC(N)=O)cc1. The van der Waals surface area contributed by atoms with Crippen LogP contribution in [0.4, 0.5) is 4.79 Å². The molecule has 2 amide bonds. The molecule has 0 bridgehead atoms. The first-order chi connectivity index (χ1) is 7.00. The van der Waals surface area contributed by atoms with Crippen LogP contribution in [-0.4, -0.2) is 31.0 Å². The predicted molar refractivity (Wildman–Crippen MR) is 54.7 cm³/mol. The molecule has 0 heterocycles. The fraction of sp³-hybridized carbons (Fsp3) is 0.200. The average Bonchev–Trinajstić information content (AvgIpc) is 2.17. The Morgan fingerprint density at radius 3 is 2.13 bits per heavy atom. The maximum absolute atomic E-state index is 11.5. The van der Waals surface area contributed by atoms with Crippen LogP contribution in [0.25, 0.3) is 0 Å². The Bertz CT molecular complexity index is 371. The number of primary amides is 1. The Balaban J connectivity index is 2.81. The number of hydrogen-bond donors (Lipinski definition) is 1. The molecule has 0 saturated heterocycles. The lowest BCUT2D eigenvalue weighted by molar-refractivity contribution is 0.0827. The second-order valence-electron chi connectivity index (χ2n) is 3.15. The fourth-order valence-electron chi connectivity index (χ4n) is 1.04. The maximum Gasteiger partial charge on any atom is 0.409 e. The number of ether oxygens (including phenoxy) is 1. The Hall–Kier alpha value is -2.04. The van der Waals surface area contributed by atoms with E-state index in [1.54, 1.807) is 26.2 Å². The van der Waals surface area contributed by atoms with Crippen LogP contribution >= 0.6 is 0 Å². The third kappa shape index (κ3) is 2.98. The third-order valence-corrected chi connectivity index (χ3v) is 1.73. The molecule has 0 spiro atoms. The lowest BCUT2D eigenvalue weighted by Gasteiger charge is -2.10. The maximum atomic E-state index is 11.5. The van der Waals surface area contributed by atoms with E-state index in [2.05, 4.69) is 4.74 Å². The molecule has 0 aliphatic carbocycles. The number of carbonyl (C=O) groups excluding carboxylic acids is 2. The molecule has 0 atom stereocenters. The molecule has 0 unspecified atom stereocenters. The number of nitrogens with two attached hydrogens (primary N) is 1. The van der Waals surface area contributed by atoms with Crippen molar-refractivity contribution in [2.75, 3.05) is 14.1 Å². The zero-order valence-corrected chi connectivity index (χ0v) is 8.56. The van der Waals surface area contributed by atoms with Gasteiger partial charge in [-0.05, 0) is 24.3 Å². The Labute approximate surface area is 87.4 Å². The standard InChI is InChI=1S/C10H12N2O3/c1-12(2)9(13)7-3-5-8(6-4-7)15-10(11)14/h3-6H,1-2H3,(H2,11,14). The smallest absolute Gasteiger partial charge is 0.409 e. The van der Waals surface area contributed by atoms with Crippen molar-refractivity contribution in [2.45, 2.75) is 0 Å². The van der Waals surface area contributed by atoms with E-state index >= 15 is 0 Å². The number of nitrogens with zero attached hydrogens (tertiary/aromatic N) is 1. The van der Waals surface area contributed by atoms with Gasteiger partial charge in [0.1, 0.15) is 5.75 Å². The minimum absolute atomic E-state index is 0.111. The Morgan fingerprint density at radius 2 is 1.73 bits per heavy atom. The summed E-state index contributed by atoms with van der Waals surface area (Å²) < 4.78 is 4.62. The van der Waals surface area contributed by atoms with Gasteiger partial charge in [0.25, 0.3) is 5.91 Å². The minimum atomic E-state index is -0.873. The van der Waals surface area contributed by atoms with Crippen LogP contribution in [0.15, 0.2) is 24.3 Å². The highest BCUT2D eigenvalue weighted by molar-refractivity contribution is 5.94. The zero-order chi connectivity index (χ0) is 11.4. The number of benzene rings is 1. The summed E-state index contributed by atoms with van der Waals surface area (Å²) in [6.07, 6.45) is -0.873. The molecule has 0 aliphatic rings. The van der Waals surface area contributed by atoms with Gasteiger partial charge in [-0.15, -0.1) is 0 Å². The Morgan fingerprint density at radius 1 is 1.20 bits per heavy atom. The molecule has 15 heavy (non-hydrogen) atoms. The van der Waals surface area contributed by atoms with E-state index in [0.29, 0.717) is 11.3 Å². The second kappa shape index (κ2) is 4.45. The van der Waals surface area contributed by atoms with Crippen LogP contribution in [0, 0.1) is 0 Å². The molecule has 2 N–H and O–H groups in total. The van der Waals surface area contributed by atoms with Crippen molar-refractivity contribution < 1.29 is 14.3 Å². The van der Waals surface area contributed by atoms with Gasteiger partial charge in [-0.3, -0.25) is 4.79 Å². The molecule has 1 aromatic rings. The van der Waals surface area contributed by atoms with E-state index in [-0.39, 0.29) is 5.91 Å². The van der Waals surface area contributed by atoms with Gasteiger partial charge in [-0.25, -0.2) is 4.79 Å². The summed E-state index contributed by atoms with van der Waals surface area (Å²) in [5.74, 6) is 0.207. The van der Waals surface area contributed by atoms with Crippen LogP contribution in [0.2, 0.25) is 0 Å². The van der Waals surface area contributed by atoms with E-state index in [4.69, 9.17) is 5.73 Å². The first kappa shape index (κ1) is 11.0. The largest absolute Gasteiger partial charge is 0.411 e. The van der Waals surface area contributed by atoms with Gasteiger partial charge < -0.3 is 15.4 Å². The third-order valence-electron chi connectivity index (χ3n) is 1.73. The minimum Gasteiger partial charge on any atom is -0.411 e. The summed E-state index contributed by atoms with van der Waals surface area (Å²) in [5, 5.41) is 0. The van der Waals surface area contributed by atoms with Crippen molar-refractivity contribution in [1.82, 2.24) is 4.90 Å². The van der Waals surface area contributed by atoms with E-state index in [0.717, 1.165) is 0 Å². The molecular weight excluding hydrogens is 196 g/mol. The summed E-state index contributed by atoms with van der Waals surface area (Å²) >= 11 is 0. The van der Waals surface area contributed by atoms with Gasteiger partial charge in [-0.1, -0.05) is 0 Å². The van der Waals surface area contributed by atoms with E-state index in [1.165, 1.54) is 17.0 Å². The first-order valence-corrected chi connectivity index (χ1v) is 4.29. The van der Waals surface area contributed by atoms with Gasteiger partial charge in [0, 0.05) is 19.7 Å². The van der Waals surface area contributed by atoms with Crippen molar-refractivity contribution >= 4 is 12.0 Å². The highest BCUT2D eigenvalue weighted by Gasteiger charge is 2.07. The van der Waals surface area contributed by atoms with E-state index in [1.807, 2.05) is 0 Å². The topological polar surface area (TPSA) is 72.6 Å². The van der Waals surface area contributed by atoms with Gasteiger partial charge >= 0.3 is 6.09 Å². The highest BCUT2D eigenvalue weighted by atomic mass is 16.5. The van der Waals surface area contributed by atoms with Crippen LogP contribution in [0.1, 0.15) is 10.4 Å². The van der Waals surface area contributed by atoms with Crippen LogP contribution in [0.3, 0.4) is 0 Å². The quantitative estimate of drug-likeness (QED) is 0.782. The molecule has 5 nitrogen and oxygen atoms in total. The molecule has 0 radical (unpaired) electrons. The fourth-order valence-corrected chi connectivity index (χ4v) is 1.04. The van der Waals surface area contributed by atoms with Crippen molar-refractivity contribution in [3.63, 3.8) is 0 Å². The zero-order valence-electron chi connectivity index (χ0n) is 8.56. The van der Waals surface area contributed by atoms with Crippen LogP contribution in [0.5, 0.6) is 5.75 Å². The van der Waals surface area contributed by atoms with Crippen molar-refractivity contribution in [1.29, 1.82) is 0 Å². The molecule has 5 heteroatoms. The predicted octanol–water partition coefficient (Wildman–Crippen LogP) is 0.846. The number of carbonyl (C=O) groups is 2. The summed E-state index contributed by atoms with van der Waals surface area (Å²) in [5.41, 5.74) is 5.36. The van der Waals surface area contributed by atoms with Crippen molar-refractivity contribution in [3.8, 4) is 5.75 Å². The monoisotopic (exact) mass is 208 g/mol. The van der Waals surface area contributed by atoms with Gasteiger partial charge in [0.2, 0.25) is 0 Å². The number of rotatable bonds is 2. The molecule has 0 fully saturated rings. The first-order valence-electron chi connectivity index (χ1n) is 4.29. The Kier molecular flexibility index (Phi) is 3.28. The number of amides is 2. The van der Waals surface area contributed by atoms with E-state index in [9.17, 15) is 9.59 Å². The number of hydrogen-bond acceptors (Lipinski definition) is 3. The van der Waals surface area contributed by atoms with Gasteiger partial charge in [-0.2, -0.15) is 0 Å². The normalized spacial score (nSPS) is 9.47. The molecule has 0 aliphatic heterocycles. The van der Waals surface area contributed by atoms with E-state index < -0.39 is 6.09 Å². The van der Waals surface area contributed by atoms with Crippen LogP contribution < -0.4 is 10.5 Å². The lowest BCUT2D eigenvalue weighted by atomic mass is 10.2. The van der Waals surface area contributed by atoms with Gasteiger partial charge in [0.05, 0.1) is 0 Å². The van der Waals surface area contributed by atoms with Crippen molar-refractivity contribution in [3.05, 3.63) is 29.8 Å². The summed E-state index contributed by atoms with van der Waals surface area (Å²) in [7, 11) is 3.33.